The van der Waals surface area contributed by atoms with Crippen LogP contribution in [0.5, 0.6) is 11.5 Å². The van der Waals surface area contributed by atoms with E-state index in [0.29, 0.717) is 6.04 Å². The van der Waals surface area contributed by atoms with Crippen LogP contribution in [-0.2, 0) is 0 Å². The third kappa shape index (κ3) is 4.26. The van der Waals surface area contributed by atoms with E-state index < -0.39 is 0 Å². The number of rotatable bonds is 8. The molecule has 4 nitrogen and oxygen atoms in total. The maximum Gasteiger partial charge on any atom is 0.161 e. The molecule has 24 heavy (non-hydrogen) atoms. The van der Waals surface area contributed by atoms with Crippen molar-refractivity contribution >= 4 is 0 Å². The quantitative estimate of drug-likeness (QED) is 0.711. The van der Waals surface area contributed by atoms with Crippen LogP contribution in [-0.4, -0.2) is 38.2 Å². The van der Waals surface area contributed by atoms with Gasteiger partial charge in [0.15, 0.2) is 11.5 Å². The fourth-order valence-corrected chi connectivity index (χ4v) is 2.86. The summed E-state index contributed by atoms with van der Waals surface area (Å²) in [5, 5.41) is 0. The molecule has 0 aliphatic carbocycles. The van der Waals surface area contributed by atoms with E-state index in [1.165, 1.54) is 12.8 Å². The van der Waals surface area contributed by atoms with Crippen LogP contribution in [0.2, 0.25) is 0 Å². The van der Waals surface area contributed by atoms with E-state index in [1.807, 2.05) is 24.3 Å². The summed E-state index contributed by atoms with van der Waals surface area (Å²) in [6, 6.07) is 12.5. The molecule has 0 aliphatic rings. The van der Waals surface area contributed by atoms with Crippen molar-refractivity contribution < 1.29 is 9.47 Å². The molecule has 0 N–H and O–H groups in total. The molecular formula is C20H28N2O2. The van der Waals surface area contributed by atoms with Crippen molar-refractivity contribution in [1.29, 1.82) is 0 Å². The number of hydrogen-bond donors (Lipinski definition) is 0. The molecule has 1 aromatic heterocycles. The van der Waals surface area contributed by atoms with E-state index in [1.54, 1.807) is 14.2 Å². The van der Waals surface area contributed by atoms with Gasteiger partial charge in [0.2, 0.25) is 0 Å². The number of unbranched alkanes of at least 4 members (excludes halogenated alkanes) is 1. The normalized spacial score (nSPS) is 12.2. The van der Waals surface area contributed by atoms with Crippen LogP contribution in [0, 0.1) is 0 Å². The first-order valence-corrected chi connectivity index (χ1v) is 8.46. The molecule has 0 fully saturated rings. The van der Waals surface area contributed by atoms with Gasteiger partial charge in [-0.25, -0.2) is 0 Å². The van der Waals surface area contributed by atoms with Crippen LogP contribution in [0.3, 0.4) is 0 Å². The molecule has 0 amide bonds. The lowest BCUT2D eigenvalue weighted by atomic mass is 10.0. The second-order valence-corrected chi connectivity index (χ2v) is 6.14. The van der Waals surface area contributed by atoms with Crippen LogP contribution >= 0.6 is 0 Å². The highest BCUT2D eigenvalue weighted by atomic mass is 16.5. The molecule has 1 aromatic carbocycles. The van der Waals surface area contributed by atoms with Gasteiger partial charge in [0.05, 0.1) is 31.6 Å². The van der Waals surface area contributed by atoms with Gasteiger partial charge in [-0.05, 0) is 50.8 Å². The fourth-order valence-electron chi connectivity index (χ4n) is 2.86. The predicted octanol–water partition coefficient (Wildman–Crippen LogP) is 4.56. The average molecular weight is 328 g/mol. The number of ether oxygens (including phenoxy) is 2. The van der Waals surface area contributed by atoms with Crippen molar-refractivity contribution in [1.82, 2.24) is 9.88 Å². The lowest BCUT2D eigenvalue weighted by Gasteiger charge is -2.24. The molecule has 0 radical (unpaired) electrons. The van der Waals surface area contributed by atoms with Crippen molar-refractivity contribution in [3.63, 3.8) is 0 Å². The summed E-state index contributed by atoms with van der Waals surface area (Å²) in [5.74, 6) is 1.45. The average Bonchev–Trinajstić information content (AvgIpc) is 2.61. The highest BCUT2D eigenvalue weighted by molar-refractivity contribution is 5.64. The van der Waals surface area contributed by atoms with Crippen molar-refractivity contribution in [2.24, 2.45) is 0 Å². The summed E-state index contributed by atoms with van der Waals surface area (Å²) in [5.41, 5.74) is 3.10. The highest BCUT2D eigenvalue weighted by Gasteiger charge is 2.16. The molecular weight excluding hydrogens is 300 g/mol. The van der Waals surface area contributed by atoms with Crippen LogP contribution in [0.15, 0.2) is 36.4 Å². The lowest BCUT2D eigenvalue weighted by Crippen LogP contribution is -2.21. The van der Waals surface area contributed by atoms with Gasteiger partial charge in [-0.3, -0.25) is 4.98 Å². The van der Waals surface area contributed by atoms with E-state index in [-0.39, 0.29) is 0 Å². The third-order valence-electron chi connectivity index (χ3n) is 4.25. The lowest BCUT2D eigenvalue weighted by molar-refractivity contribution is 0.273. The molecule has 0 bridgehead atoms. The monoisotopic (exact) mass is 328 g/mol. The molecule has 1 atom stereocenters. The van der Waals surface area contributed by atoms with Gasteiger partial charge in [-0.2, -0.15) is 0 Å². The first kappa shape index (κ1) is 18.3. The molecule has 1 unspecified atom stereocenters. The second kappa shape index (κ2) is 8.69. The van der Waals surface area contributed by atoms with Crippen LogP contribution in [0.1, 0.15) is 37.9 Å². The van der Waals surface area contributed by atoms with Gasteiger partial charge < -0.3 is 14.4 Å². The summed E-state index contributed by atoms with van der Waals surface area (Å²) in [6.45, 7) is 2.22. The van der Waals surface area contributed by atoms with Crippen LogP contribution in [0.25, 0.3) is 11.3 Å². The van der Waals surface area contributed by atoms with E-state index in [9.17, 15) is 0 Å². The first-order valence-electron chi connectivity index (χ1n) is 8.46. The van der Waals surface area contributed by atoms with Crippen molar-refractivity contribution in [3.8, 4) is 22.8 Å². The fraction of sp³-hybridized carbons (Fsp3) is 0.450. The smallest absolute Gasteiger partial charge is 0.161 e. The molecule has 0 spiro atoms. The Hall–Kier alpha value is -2.07. The SMILES string of the molecule is CCCCC(c1cccc(-c2ccc(OC)c(OC)c2)n1)N(C)C. The Balaban J connectivity index is 2.35. The Kier molecular flexibility index (Phi) is 6.62. The number of methoxy groups -OCH3 is 2. The van der Waals surface area contributed by atoms with Crippen LogP contribution < -0.4 is 9.47 Å². The minimum absolute atomic E-state index is 0.338. The maximum atomic E-state index is 5.41. The third-order valence-corrected chi connectivity index (χ3v) is 4.25. The second-order valence-electron chi connectivity index (χ2n) is 6.14. The van der Waals surface area contributed by atoms with Crippen molar-refractivity contribution in [2.45, 2.75) is 32.2 Å². The molecule has 0 saturated heterocycles. The number of benzene rings is 1. The van der Waals surface area contributed by atoms with Gasteiger partial charge in [0.1, 0.15) is 0 Å². The number of nitrogens with zero attached hydrogens (tertiary/aromatic N) is 2. The first-order chi connectivity index (χ1) is 11.6. The highest BCUT2D eigenvalue weighted by Crippen LogP contribution is 2.32. The zero-order chi connectivity index (χ0) is 17.5. The van der Waals surface area contributed by atoms with E-state index in [0.717, 1.165) is 34.9 Å². The van der Waals surface area contributed by atoms with Crippen molar-refractivity contribution in [3.05, 3.63) is 42.1 Å². The Morgan fingerprint density at radius 3 is 2.42 bits per heavy atom. The maximum absolute atomic E-state index is 5.41. The molecule has 130 valence electrons. The van der Waals surface area contributed by atoms with Crippen LogP contribution in [0.4, 0.5) is 0 Å². The van der Waals surface area contributed by atoms with Gasteiger partial charge in [-0.1, -0.05) is 25.8 Å². The molecule has 2 rings (SSSR count). The Labute approximate surface area is 145 Å². The zero-order valence-corrected chi connectivity index (χ0v) is 15.4. The summed E-state index contributed by atoms with van der Waals surface area (Å²) in [6.07, 6.45) is 3.51. The van der Waals surface area contributed by atoms with Gasteiger partial charge in [-0.15, -0.1) is 0 Å². The Morgan fingerprint density at radius 2 is 1.79 bits per heavy atom. The van der Waals surface area contributed by atoms with Gasteiger partial charge in [0.25, 0.3) is 0 Å². The zero-order valence-electron chi connectivity index (χ0n) is 15.4. The summed E-state index contributed by atoms with van der Waals surface area (Å²) >= 11 is 0. The molecule has 2 aromatic rings. The molecule has 0 aliphatic heterocycles. The van der Waals surface area contributed by atoms with E-state index in [2.05, 4.69) is 38.1 Å². The largest absolute Gasteiger partial charge is 0.493 e. The minimum atomic E-state index is 0.338. The van der Waals surface area contributed by atoms with E-state index >= 15 is 0 Å². The van der Waals surface area contributed by atoms with E-state index in [4.69, 9.17) is 14.5 Å². The molecule has 0 saturated carbocycles. The van der Waals surface area contributed by atoms with Gasteiger partial charge in [0, 0.05) is 5.56 Å². The van der Waals surface area contributed by atoms with Crippen molar-refractivity contribution in [2.75, 3.05) is 28.3 Å². The summed E-state index contributed by atoms with van der Waals surface area (Å²) < 4.78 is 10.7. The number of aromatic nitrogens is 1. The summed E-state index contributed by atoms with van der Waals surface area (Å²) in [7, 11) is 7.53. The minimum Gasteiger partial charge on any atom is -0.493 e. The number of hydrogen-bond acceptors (Lipinski definition) is 4. The molecule has 4 heteroatoms. The Bertz CT molecular complexity index is 656. The topological polar surface area (TPSA) is 34.6 Å². The predicted molar refractivity (Wildman–Crippen MR) is 98.7 cm³/mol. The molecule has 1 heterocycles. The Morgan fingerprint density at radius 1 is 1.04 bits per heavy atom. The number of pyridine rings is 1. The van der Waals surface area contributed by atoms with Gasteiger partial charge >= 0.3 is 0 Å². The standard InChI is InChI=1S/C20H28N2O2/c1-6-7-11-18(22(2)3)17-10-8-9-16(21-17)15-12-13-19(23-4)20(14-15)24-5/h8-10,12-14,18H,6-7,11H2,1-5H3. The summed E-state index contributed by atoms with van der Waals surface area (Å²) in [4.78, 5) is 7.16.